The largest absolute Gasteiger partial charge is 0.465 e. The number of nitrogens with zero attached hydrogens (tertiary/aromatic N) is 2. The van der Waals surface area contributed by atoms with E-state index in [-0.39, 0.29) is 16.9 Å². The van der Waals surface area contributed by atoms with E-state index >= 15 is 0 Å². The van der Waals surface area contributed by atoms with Crippen molar-refractivity contribution >= 4 is 40.9 Å². The summed E-state index contributed by atoms with van der Waals surface area (Å²) in [4.78, 5) is 41.3. The molecular weight excluding hydrogens is 511 g/mol. The Morgan fingerprint density at radius 1 is 1.03 bits per heavy atom. The van der Waals surface area contributed by atoms with Gasteiger partial charge in [0.05, 0.1) is 23.7 Å². The molecule has 0 unspecified atom stereocenters. The van der Waals surface area contributed by atoms with Crippen molar-refractivity contribution in [2.75, 3.05) is 23.7 Å². The van der Waals surface area contributed by atoms with Crippen LogP contribution in [0.3, 0.4) is 0 Å². The molecule has 0 aliphatic carbocycles. The van der Waals surface area contributed by atoms with Crippen molar-refractivity contribution in [2.45, 2.75) is 11.6 Å². The molecule has 0 atom stereocenters. The topological polar surface area (TPSA) is 123 Å². The van der Waals surface area contributed by atoms with E-state index in [4.69, 9.17) is 9.84 Å². The Morgan fingerprint density at radius 2 is 1.84 bits per heavy atom. The molecule has 0 fully saturated rings. The van der Waals surface area contributed by atoms with Gasteiger partial charge >= 0.3 is 6.09 Å². The lowest BCUT2D eigenvalue weighted by Crippen LogP contribution is -2.18. The second kappa shape index (κ2) is 12.2. The molecule has 0 aliphatic heterocycles. The first kappa shape index (κ1) is 26.6. The van der Waals surface area contributed by atoms with Crippen molar-refractivity contribution in [3.63, 3.8) is 0 Å². The van der Waals surface area contributed by atoms with Gasteiger partial charge in [-0.2, -0.15) is 0 Å². The molecule has 194 valence electrons. The zero-order chi connectivity index (χ0) is 27.1. The van der Waals surface area contributed by atoms with Crippen LogP contribution in [0, 0.1) is 5.82 Å². The van der Waals surface area contributed by atoms with Crippen molar-refractivity contribution in [1.82, 2.24) is 9.55 Å². The first-order chi connectivity index (χ1) is 18.4. The third-order valence-corrected chi connectivity index (χ3v) is 6.31. The third-order valence-electron chi connectivity index (χ3n) is 5.40. The molecule has 4 rings (SSSR count). The number of anilines is 2. The summed E-state index contributed by atoms with van der Waals surface area (Å²) in [5, 5.41) is 14.6. The molecule has 1 heterocycles. The highest BCUT2D eigenvalue weighted by molar-refractivity contribution is 7.99. The van der Waals surface area contributed by atoms with Crippen LogP contribution in [-0.4, -0.2) is 45.5 Å². The maximum Gasteiger partial charge on any atom is 0.409 e. The molecule has 0 aliphatic rings. The zero-order valence-corrected chi connectivity index (χ0v) is 21.0. The Labute approximate surface area is 221 Å². The van der Waals surface area contributed by atoms with Gasteiger partial charge < -0.3 is 15.2 Å². The number of Topliss-reactive ketones (excluding diaryl/α,β-unsaturated/α-hetero) is 1. The summed E-state index contributed by atoms with van der Waals surface area (Å²) in [6.45, 7) is 0. The molecule has 2 amide bonds. The van der Waals surface area contributed by atoms with Crippen LogP contribution in [0.2, 0.25) is 0 Å². The number of imidazole rings is 1. The Bertz CT molecular complexity index is 1490. The van der Waals surface area contributed by atoms with E-state index in [1.54, 1.807) is 60.5 Å². The minimum absolute atomic E-state index is 0.0848. The van der Waals surface area contributed by atoms with Gasteiger partial charge in [-0.3, -0.25) is 19.5 Å². The van der Waals surface area contributed by atoms with Gasteiger partial charge in [0.2, 0.25) is 5.91 Å². The smallest absolute Gasteiger partial charge is 0.409 e. The number of hydrogen-bond acceptors (Lipinski definition) is 6. The second-order valence-corrected chi connectivity index (χ2v) is 8.89. The molecule has 0 radical (unpaired) electrons. The first-order valence-corrected chi connectivity index (χ1v) is 12.3. The lowest BCUT2D eigenvalue weighted by Gasteiger charge is -2.14. The molecular formula is C27H23FN4O5S. The summed E-state index contributed by atoms with van der Waals surface area (Å²) >= 11 is 1.39. The predicted molar refractivity (Wildman–Crippen MR) is 142 cm³/mol. The SMILES string of the molecule is COCSc1nccn1-c1cccc(C(=O)CC(=O)Nc2cc(-c3ccccc3F)ccc2NC(=O)O)c1. The van der Waals surface area contributed by atoms with E-state index in [0.29, 0.717) is 27.9 Å². The molecule has 3 aromatic carbocycles. The van der Waals surface area contributed by atoms with E-state index in [9.17, 15) is 18.8 Å². The van der Waals surface area contributed by atoms with Crippen LogP contribution in [0.25, 0.3) is 16.8 Å². The summed E-state index contributed by atoms with van der Waals surface area (Å²) in [5.74, 6) is -1.15. The van der Waals surface area contributed by atoms with Crippen LogP contribution in [0.5, 0.6) is 0 Å². The Balaban J connectivity index is 1.53. The van der Waals surface area contributed by atoms with Crippen LogP contribution < -0.4 is 10.6 Å². The van der Waals surface area contributed by atoms with Gasteiger partial charge in [0.1, 0.15) is 5.82 Å². The molecule has 0 spiro atoms. The number of amides is 2. The van der Waals surface area contributed by atoms with Gasteiger partial charge in [-0.05, 0) is 35.9 Å². The molecule has 9 nitrogen and oxygen atoms in total. The lowest BCUT2D eigenvalue weighted by atomic mass is 10.0. The predicted octanol–water partition coefficient (Wildman–Crippen LogP) is 5.68. The van der Waals surface area contributed by atoms with E-state index in [1.807, 2.05) is 6.07 Å². The number of ether oxygens (including phenoxy) is 1. The summed E-state index contributed by atoms with van der Waals surface area (Å²) < 4.78 is 21.2. The van der Waals surface area contributed by atoms with E-state index < -0.39 is 30.0 Å². The molecule has 0 bridgehead atoms. The molecule has 0 saturated heterocycles. The van der Waals surface area contributed by atoms with Gasteiger partial charge in [0.15, 0.2) is 10.9 Å². The van der Waals surface area contributed by atoms with Crippen molar-refractivity contribution in [2.24, 2.45) is 0 Å². The standard InChI is InChI=1S/C27H23FN4O5S/c1-37-16-38-26-29-11-12-32(26)19-6-4-5-18(13-19)24(33)15-25(34)30-23-14-17(9-10-22(23)31-27(35)36)20-7-2-3-8-21(20)28/h2-14,31H,15-16H2,1H3,(H,30,34)(H,35,36). The summed E-state index contributed by atoms with van der Waals surface area (Å²) in [6.07, 6.45) is 1.57. The number of rotatable bonds is 10. The average Bonchev–Trinajstić information content (AvgIpc) is 3.37. The van der Waals surface area contributed by atoms with Crippen LogP contribution >= 0.6 is 11.8 Å². The number of methoxy groups -OCH3 is 1. The quantitative estimate of drug-likeness (QED) is 0.104. The second-order valence-electron chi connectivity index (χ2n) is 8.00. The highest BCUT2D eigenvalue weighted by atomic mass is 32.2. The van der Waals surface area contributed by atoms with Crippen LogP contribution in [0.1, 0.15) is 16.8 Å². The van der Waals surface area contributed by atoms with Gasteiger partial charge in [-0.1, -0.05) is 48.2 Å². The fourth-order valence-electron chi connectivity index (χ4n) is 3.71. The molecule has 38 heavy (non-hydrogen) atoms. The maximum atomic E-state index is 14.3. The fraction of sp³-hybridized carbons (Fsp3) is 0.111. The number of benzene rings is 3. The van der Waals surface area contributed by atoms with Crippen LogP contribution in [0.15, 0.2) is 84.3 Å². The fourth-order valence-corrected chi connectivity index (χ4v) is 4.37. The minimum Gasteiger partial charge on any atom is -0.465 e. The number of hydrogen-bond donors (Lipinski definition) is 3. The Kier molecular flexibility index (Phi) is 8.51. The Morgan fingerprint density at radius 3 is 2.61 bits per heavy atom. The first-order valence-electron chi connectivity index (χ1n) is 11.3. The van der Waals surface area contributed by atoms with E-state index in [0.717, 1.165) is 0 Å². The van der Waals surface area contributed by atoms with E-state index in [1.165, 1.54) is 36.0 Å². The molecule has 11 heteroatoms. The Hall–Kier alpha value is -4.48. The minimum atomic E-state index is -1.34. The van der Waals surface area contributed by atoms with Crippen molar-refractivity contribution < 1.29 is 28.6 Å². The number of carbonyl (C=O) groups is 3. The number of carboxylic acid groups (broad SMARTS) is 1. The van der Waals surface area contributed by atoms with Crippen molar-refractivity contribution in [3.8, 4) is 16.8 Å². The molecule has 4 aromatic rings. The normalized spacial score (nSPS) is 10.7. The van der Waals surface area contributed by atoms with Gasteiger partial charge in [0.25, 0.3) is 0 Å². The highest BCUT2D eigenvalue weighted by Gasteiger charge is 2.17. The number of thioether (sulfide) groups is 1. The molecule has 3 N–H and O–H groups in total. The summed E-state index contributed by atoms with van der Waals surface area (Å²) in [6, 6.07) is 17.3. The maximum absolute atomic E-state index is 14.3. The average molecular weight is 535 g/mol. The van der Waals surface area contributed by atoms with Gasteiger partial charge in [-0.25, -0.2) is 14.2 Å². The molecule has 0 saturated carbocycles. The zero-order valence-electron chi connectivity index (χ0n) is 20.2. The third kappa shape index (κ3) is 6.44. The van der Waals surface area contributed by atoms with Crippen LogP contribution in [-0.2, 0) is 9.53 Å². The van der Waals surface area contributed by atoms with Crippen molar-refractivity contribution in [1.29, 1.82) is 0 Å². The number of ketones is 1. The highest BCUT2D eigenvalue weighted by Crippen LogP contribution is 2.31. The number of nitrogens with one attached hydrogen (secondary N) is 2. The van der Waals surface area contributed by atoms with Gasteiger partial charge in [-0.15, -0.1) is 0 Å². The van der Waals surface area contributed by atoms with Gasteiger partial charge in [0, 0.05) is 36.3 Å². The number of carbonyl (C=O) groups excluding carboxylic acids is 2. The van der Waals surface area contributed by atoms with Crippen molar-refractivity contribution in [3.05, 3.63) is 90.5 Å². The number of aromatic nitrogens is 2. The summed E-state index contributed by atoms with van der Waals surface area (Å²) in [7, 11) is 1.58. The number of halogens is 1. The lowest BCUT2D eigenvalue weighted by molar-refractivity contribution is -0.115. The van der Waals surface area contributed by atoms with E-state index in [2.05, 4.69) is 15.6 Å². The van der Waals surface area contributed by atoms with Crippen LogP contribution in [0.4, 0.5) is 20.6 Å². The summed E-state index contributed by atoms with van der Waals surface area (Å²) in [5.41, 5.74) is 1.89. The monoisotopic (exact) mass is 534 g/mol. The molecule has 1 aromatic heterocycles.